The molecule has 132 valence electrons. The highest BCUT2D eigenvalue weighted by Gasteiger charge is 2.18. The van der Waals surface area contributed by atoms with Crippen LogP contribution in [0.15, 0.2) is 53.0 Å². The summed E-state index contributed by atoms with van der Waals surface area (Å²) in [6.07, 6.45) is 2.19. The van der Waals surface area contributed by atoms with E-state index in [1.165, 1.54) is 5.56 Å². The fourth-order valence-electron chi connectivity index (χ4n) is 2.59. The molecule has 2 rings (SSSR count). The molecule has 0 aliphatic heterocycles. The van der Waals surface area contributed by atoms with Crippen LogP contribution in [-0.2, 0) is 11.2 Å². The lowest BCUT2D eigenvalue weighted by Gasteiger charge is -2.18. The number of aryl methyl sites for hydroxylation is 1. The van der Waals surface area contributed by atoms with E-state index in [4.69, 9.17) is 5.73 Å². The van der Waals surface area contributed by atoms with Crippen LogP contribution < -0.4 is 16.4 Å². The summed E-state index contributed by atoms with van der Waals surface area (Å²) in [5.41, 5.74) is 8.03. The Kier molecular flexibility index (Phi) is 7.01. The molecule has 6 heteroatoms. The number of carbonyl (C=O) groups is 2. The molecule has 4 N–H and O–H groups in total. The quantitative estimate of drug-likeness (QED) is 0.648. The lowest BCUT2D eigenvalue weighted by Crippen LogP contribution is -2.35. The number of primary amides is 1. The Labute approximate surface area is 156 Å². The van der Waals surface area contributed by atoms with Gasteiger partial charge in [-0.1, -0.05) is 53.5 Å². The number of nitrogens with two attached hydrogens (primary N) is 1. The largest absolute Gasteiger partial charge is 0.352 e. The zero-order chi connectivity index (χ0) is 18.2. The van der Waals surface area contributed by atoms with Crippen molar-refractivity contribution in [2.75, 3.05) is 5.32 Å². The number of amides is 3. The number of hydrogen-bond donors (Lipinski definition) is 3. The summed E-state index contributed by atoms with van der Waals surface area (Å²) in [5.74, 6) is -0.193. The maximum Gasteiger partial charge on any atom is 0.312 e. The molecule has 2 aromatic rings. The molecule has 3 amide bonds. The number of hydrogen-bond acceptors (Lipinski definition) is 2. The molecule has 0 heterocycles. The molecule has 0 saturated heterocycles. The van der Waals surface area contributed by atoms with Gasteiger partial charge < -0.3 is 16.4 Å². The second-order valence-corrected chi connectivity index (χ2v) is 6.73. The Bertz CT molecular complexity index is 732. The number of halogens is 1. The zero-order valence-corrected chi connectivity index (χ0v) is 15.7. The predicted molar refractivity (Wildman–Crippen MR) is 103 cm³/mol. The Morgan fingerprint density at radius 1 is 1.16 bits per heavy atom. The first-order chi connectivity index (χ1) is 12.0. The summed E-state index contributed by atoms with van der Waals surface area (Å²) in [7, 11) is 0. The molecule has 1 atom stereocenters. The minimum absolute atomic E-state index is 0.0934. The maximum absolute atomic E-state index is 12.4. The van der Waals surface area contributed by atoms with Gasteiger partial charge in [0.05, 0.1) is 12.5 Å². The normalized spacial score (nSPS) is 11.6. The van der Waals surface area contributed by atoms with Crippen LogP contribution >= 0.6 is 15.9 Å². The molecule has 25 heavy (non-hydrogen) atoms. The van der Waals surface area contributed by atoms with Crippen molar-refractivity contribution in [2.45, 2.75) is 32.2 Å². The number of anilines is 1. The van der Waals surface area contributed by atoms with Crippen molar-refractivity contribution < 1.29 is 9.59 Å². The van der Waals surface area contributed by atoms with Crippen LogP contribution in [0, 0.1) is 0 Å². The number of benzene rings is 2. The van der Waals surface area contributed by atoms with Gasteiger partial charge in [0, 0.05) is 10.2 Å². The molecule has 0 saturated carbocycles. The molecule has 0 aromatic heterocycles. The van der Waals surface area contributed by atoms with Crippen molar-refractivity contribution in [2.24, 2.45) is 5.73 Å². The summed E-state index contributed by atoms with van der Waals surface area (Å²) >= 11 is 3.39. The molecule has 5 nitrogen and oxygen atoms in total. The topological polar surface area (TPSA) is 84.2 Å². The molecule has 1 unspecified atom stereocenters. The molecular weight excluding hydrogens is 382 g/mol. The number of nitrogens with one attached hydrogen (secondary N) is 2. The van der Waals surface area contributed by atoms with Crippen LogP contribution in [0.2, 0.25) is 0 Å². The molecule has 0 spiro atoms. The van der Waals surface area contributed by atoms with Gasteiger partial charge in [-0.15, -0.1) is 0 Å². The number of urea groups is 1. The van der Waals surface area contributed by atoms with Crippen molar-refractivity contribution in [3.05, 3.63) is 64.1 Å². The van der Waals surface area contributed by atoms with E-state index < -0.39 is 12.1 Å². The third-order valence-corrected chi connectivity index (χ3v) is 4.23. The molecule has 0 fully saturated rings. The summed E-state index contributed by atoms with van der Waals surface area (Å²) < 4.78 is 0.869. The van der Waals surface area contributed by atoms with E-state index in [-0.39, 0.29) is 12.3 Å². The lowest BCUT2D eigenvalue weighted by molar-refractivity contribution is -0.116. The molecule has 0 aliphatic carbocycles. The van der Waals surface area contributed by atoms with Crippen molar-refractivity contribution in [1.29, 1.82) is 0 Å². The average Bonchev–Trinajstić information content (AvgIpc) is 2.56. The summed E-state index contributed by atoms with van der Waals surface area (Å²) in [6.45, 7) is 2.13. The van der Waals surface area contributed by atoms with E-state index >= 15 is 0 Å². The van der Waals surface area contributed by atoms with Gasteiger partial charge in [0.25, 0.3) is 0 Å². The summed E-state index contributed by atoms with van der Waals surface area (Å²) in [6, 6.07) is 14.1. The fourth-order valence-corrected chi connectivity index (χ4v) is 3.01. The SMILES string of the molecule is CCCc1ccc(NC(=O)CC(NC(N)=O)c2cccc(Br)c2)cc1. The van der Waals surface area contributed by atoms with Crippen molar-refractivity contribution in [1.82, 2.24) is 5.32 Å². The van der Waals surface area contributed by atoms with E-state index in [2.05, 4.69) is 33.5 Å². The Balaban J connectivity index is 2.04. The summed E-state index contributed by atoms with van der Waals surface area (Å²) in [4.78, 5) is 23.6. The van der Waals surface area contributed by atoms with Crippen LogP contribution in [0.1, 0.15) is 36.9 Å². The van der Waals surface area contributed by atoms with Crippen molar-refractivity contribution in [3.8, 4) is 0 Å². The van der Waals surface area contributed by atoms with E-state index in [0.29, 0.717) is 0 Å². The van der Waals surface area contributed by atoms with Gasteiger partial charge in [-0.2, -0.15) is 0 Å². The van der Waals surface area contributed by atoms with Gasteiger partial charge in [0.15, 0.2) is 0 Å². The smallest absolute Gasteiger partial charge is 0.312 e. The Morgan fingerprint density at radius 3 is 2.48 bits per heavy atom. The van der Waals surface area contributed by atoms with Crippen molar-refractivity contribution >= 4 is 33.6 Å². The minimum atomic E-state index is -0.665. The first kappa shape index (κ1) is 19.0. The highest BCUT2D eigenvalue weighted by molar-refractivity contribution is 9.10. The minimum Gasteiger partial charge on any atom is -0.352 e. The van der Waals surface area contributed by atoms with Gasteiger partial charge in [-0.3, -0.25) is 4.79 Å². The van der Waals surface area contributed by atoms with E-state index in [1.54, 1.807) is 0 Å². The van der Waals surface area contributed by atoms with E-state index in [1.807, 2.05) is 48.5 Å². The van der Waals surface area contributed by atoms with Crippen LogP contribution in [0.4, 0.5) is 10.5 Å². The molecule has 0 aliphatic rings. The highest BCUT2D eigenvalue weighted by atomic mass is 79.9. The van der Waals surface area contributed by atoms with Gasteiger partial charge in [0.1, 0.15) is 0 Å². The van der Waals surface area contributed by atoms with E-state index in [0.717, 1.165) is 28.6 Å². The van der Waals surface area contributed by atoms with Gasteiger partial charge in [-0.05, 0) is 41.8 Å². The third kappa shape index (κ3) is 6.23. The lowest BCUT2D eigenvalue weighted by atomic mass is 10.0. The Morgan fingerprint density at radius 2 is 1.88 bits per heavy atom. The molecule has 2 aromatic carbocycles. The van der Waals surface area contributed by atoms with Gasteiger partial charge in [-0.25, -0.2) is 4.79 Å². The molecular formula is C19H22BrN3O2. The fraction of sp³-hybridized carbons (Fsp3) is 0.263. The van der Waals surface area contributed by atoms with Crippen LogP contribution in [0.25, 0.3) is 0 Å². The predicted octanol–water partition coefficient (Wildman–Crippen LogP) is 4.14. The van der Waals surface area contributed by atoms with Gasteiger partial charge in [0.2, 0.25) is 5.91 Å². The van der Waals surface area contributed by atoms with E-state index in [9.17, 15) is 9.59 Å². The zero-order valence-electron chi connectivity index (χ0n) is 14.1. The first-order valence-electron chi connectivity index (χ1n) is 8.18. The van der Waals surface area contributed by atoms with Crippen molar-refractivity contribution in [3.63, 3.8) is 0 Å². The Hall–Kier alpha value is -2.34. The van der Waals surface area contributed by atoms with Crippen LogP contribution in [-0.4, -0.2) is 11.9 Å². The third-order valence-electron chi connectivity index (χ3n) is 3.73. The maximum atomic E-state index is 12.4. The summed E-state index contributed by atoms with van der Waals surface area (Å²) in [5, 5.41) is 5.48. The second kappa shape index (κ2) is 9.22. The van der Waals surface area contributed by atoms with Gasteiger partial charge >= 0.3 is 6.03 Å². The van der Waals surface area contributed by atoms with Crippen LogP contribution in [0.3, 0.4) is 0 Å². The molecule has 0 bridgehead atoms. The second-order valence-electron chi connectivity index (χ2n) is 5.82. The first-order valence-corrected chi connectivity index (χ1v) is 8.97. The van der Waals surface area contributed by atoms with Crippen LogP contribution in [0.5, 0.6) is 0 Å². The highest BCUT2D eigenvalue weighted by Crippen LogP contribution is 2.22. The number of rotatable bonds is 7. The average molecular weight is 404 g/mol. The monoisotopic (exact) mass is 403 g/mol. The number of carbonyl (C=O) groups excluding carboxylic acids is 2. The molecule has 0 radical (unpaired) electrons. The standard InChI is InChI=1S/C19H22BrN3O2/c1-2-4-13-7-9-16(10-8-13)22-18(24)12-17(23-19(21)25)14-5-3-6-15(20)11-14/h3,5-11,17H,2,4,12H2,1H3,(H,22,24)(H3,21,23,25).